The lowest BCUT2D eigenvalue weighted by molar-refractivity contribution is 0.345. The number of likely N-dealkylation sites (N-methyl/N-ethyl adjacent to an activating group) is 2. The van der Waals surface area contributed by atoms with E-state index < -0.39 is 10.0 Å². The Hall–Kier alpha value is -2.35. The van der Waals surface area contributed by atoms with Crippen LogP contribution >= 0.6 is 0 Å². The molecule has 1 aromatic heterocycles. The molecule has 0 radical (unpaired) electrons. The molecule has 7 heteroatoms. The van der Waals surface area contributed by atoms with Crippen LogP contribution in [0.25, 0.3) is 22.2 Å². The zero-order valence-corrected chi connectivity index (χ0v) is 17.2. The SMILES string of the molecule is COc1ccc2[nH]c(-c3ccc(S(=O)(=O)N(C)C4CCN(C)C4)cc3)cc2c1. The van der Waals surface area contributed by atoms with Crippen molar-refractivity contribution in [1.82, 2.24) is 14.2 Å². The third-order valence-electron chi connectivity index (χ3n) is 5.55. The van der Waals surface area contributed by atoms with Crippen molar-refractivity contribution in [1.29, 1.82) is 0 Å². The fourth-order valence-corrected chi connectivity index (χ4v) is 5.15. The van der Waals surface area contributed by atoms with E-state index in [1.165, 1.54) is 4.31 Å². The van der Waals surface area contributed by atoms with E-state index in [1.54, 1.807) is 26.3 Å². The Morgan fingerprint density at radius 2 is 1.89 bits per heavy atom. The van der Waals surface area contributed by atoms with Gasteiger partial charge < -0.3 is 14.6 Å². The van der Waals surface area contributed by atoms with Gasteiger partial charge in [0, 0.05) is 36.2 Å². The van der Waals surface area contributed by atoms with Gasteiger partial charge in [0.1, 0.15) is 5.75 Å². The van der Waals surface area contributed by atoms with Crippen LogP contribution in [0.2, 0.25) is 0 Å². The van der Waals surface area contributed by atoms with Crippen LogP contribution < -0.4 is 4.74 Å². The van der Waals surface area contributed by atoms with E-state index in [1.807, 2.05) is 43.4 Å². The number of H-pyrrole nitrogens is 1. The Balaban J connectivity index is 1.60. The summed E-state index contributed by atoms with van der Waals surface area (Å²) >= 11 is 0. The van der Waals surface area contributed by atoms with Gasteiger partial charge in [0.2, 0.25) is 10.0 Å². The molecule has 1 saturated heterocycles. The van der Waals surface area contributed by atoms with E-state index in [-0.39, 0.29) is 6.04 Å². The average molecular weight is 400 g/mol. The summed E-state index contributed by atoms with van der Waals surface area (Å²) in [7, 11) is 1.85. The van der Waals surface area contributed by atoms with Crippen LogP contribution in [-0.2, 0) is 10.0 Å². The number of aromatic amines is 1. The number of sulfonamides is 1. The van der Waals surface area contributed by atoms with Crippen molar-refractivity contribution in [2.24, 2.45) is 0 Å². The summed E-state index contributed by atoms with van der Waals surface area (Å²) in [5.74, 6) is 0.806. The van der Waals surface area contributed by atoms with Gasteiger partial charge in [-0.1, -0.05) is 12.1 Å². The van der Waals surface area contributed by atoms with Crippen LogP contribution in [0.4, 0.5) is 0 Å². The first kappa shape index (κ1) is 19.0. The second-order valence-electron chi connectivity index (χ2n) is 7.39. The molecule has 1 N–H and O–H groups in total. The van der Waals surface area contributed by atoms with Crippen LogP contribution in [-0.4, -0.2) is 62.9 Å². The summed E-state index contributed by atoms with van der Waals surface area (Å²) in [6.45, 7) is 1.70. The van der Waals surface area contributed by atoms with Gasteiger partial charge in [-0.2, -0.15) is 4.31 Å². The maximum absolute atomic E-state index is 13.0. The lowest BCUT2D eigenvalue weighted by Crippen LogP contribution is -2.38. The molecule has 1 aliphatic rings. The summed E-state index contributed by atoms with van der Waals surface area (Å²) in [5.41, 5.74) is 2.90. The first-order valence-electron chi connectivity index (χ1n) is 9.32. The third-order valence-corrected chi connectivity index (χ3v) is 7.48. The molecule has 0 amide bonds. The first-order chi connectivity index (χ1) is 13.4. The molecule has 0 spiro atoms. The molecule has 1 aliphatic heterocycles. The molecule has 2 heterocycles. The van der Waals surface area contributed by atoms with Gasteiger partial charge in [-0.05, 0) is 62.0 Å². The van der Waals surface area contributed by atoms with Crippen LogP contribution in [0.3, 0.4) is 0 Å². The number of ether oxygens (including phenoxy) is 1. The van der Waals surface area contributed by atoms with E-state index >= 15 is 0 Å². The van der Waals surface area contributed by atoms with E-state index in [4.69, 9.17) is 4.74 Å². The molecule has 6 nitrogen and oxygen atoms in total. The summed E-state index contributed by atoms with van der Waals surface area (Å²) in [5, 5.41) is 1.05. The molecule has 1 fully saturated rings. The molecular weight excluding hydrogens is 374 g/mol. The third kappa shape index (κ3) is 3.41. The van der Waals surface area contributed by atoms with Crippen molar-refractivity contribution >= 4 is 20.9 Å². The number of methoxy groups -OCH3 is 1. The highest BCUT2D eigenvalue weighted by atomic mass is 32.2. The molecule has 148 valence electrons. The Labute approximate surface area is 165 Å². The fraction of sp³-hybridized carbons (Fsp3) is 0.333. The molecule has 3 aromatic rings. The van der Waals surface area contributed by atoms with Gasteiger partial charge in [0.15, 0.2) is 0 Å². The van der Waals surface area contributed by atoms with Crippen molar-refractivity contribution in [2.75, 3.05) is 34.3 Å². The average Bonchev–Trinajstić information content (AvgIpc) is 3.32. The van der Waals surface area contributed by atoms with E-state index in [0.29, 0.717) is 4.90 Å². The minimum Gasteiger partial charge on any atom is -0.497 e. The fourth-order valence-electron chi connectivity index (χ4n) is 3.77. The Bertz CT molecular complexity index is 1090. The number of hydrogen-bond acceptors (Lipinski definition) is 4. The minimum absolute atomic E-state index is 0.0263. The molecule has 0 saturated carbocycles. The number of likely N-dealkylation sites (tertiary alicyclic amines) is 1. The second kappa shape index (κ2) is 7.24. The Morgan fingerprint density at radius 1 is 1.14 bits per heavy atom. The van der Waals surface area contributed by atoms with Gasteiger partial charge in [-0.3, -0.25) is 0 Å². The highest BCUT2D eigenvalue weighted by molar-refractivity contribution is 7.89. The minimum atomic E-state index is -3.50. The summed E-state index contributed by atoms with van der Waals surface area (Å²) in [6, 6.07) is 15.0. The van der Waals surface area contributed by atoms with E-state index in [9.17, 15) is 8.42 Å². The monoisotopic (exact) mass is 399 g/mol. The molecule has 4 rings (SSSR count). The van der Waals surface area contributed by atoms with Gasteiger partial charge in [-0.25, -0.2) is 8.42 Å². The molecule has 2 aromatic carbocycles. The number of fused-ring (bicyclic) bond motifs is 1. The second-order valence-corrected chi connectivity index (χ2v) is 9.38. The maximum Gasteiger partial charge on any atom is 0.243 e. The number of rotatable bonds is 5. The topological polar surface area (TPSA) is 65.6 Å². The van der Waals surface area contributed by atoms with Crippen LogP contribution in [0, 0.1) is 0 Å². The van der Waals surface area contributed by atoms with Crippen LogP contribution in [0.15, 0.2) is 53.4 Å². The predicted molar refractivity (Wildman–Crippen MR) is 111 cm³/mol. The smallest absolute Gasteiger partial charge is 0.243 e. The van der Waals surface area contributed by atoms with Crippen LogP contribution in [0.5, 0.6) is 5.75 Å². The lowest BCUT2D eigenvalue weighted by Gasteiger charge is -2.23. The zero-order valence-electron chi connectivity index (χ0n) is 16.3. The van der Waals surface area contributed by atoms with Crippen molar-refractivity contribution in [3.63, 3.8) is 0 Å². The normalized spacial score (nSPS) is 18.2. The summed E-state index contributed by atoms with van der Waals surface area (Å²) in [6.07, 6.45) is 0.864. The van der Waals surface area contributed by atoms with Crippen LogP contribution in [0.1, 0.15) is 6.42 Å². The number of hydrogen-bond donors (Lipinski definition) is 1. The Kier molecular flexibility index (Phi) is 4.91. The summed E-state index contributed by atoms with van der Waals surface area (Å²) in [4.78, 5) is 5.86. The van der Waals surface area contributed by atoms with E-state index in [0.717, 1.165) is 47.4 Å². The van der Waals surface area contributed by atoms with Gasteiger partial charge in [0.05, 0.1) is 12.0 Å². The number of nitrogens with one attached hydrogen (secondary N) is 1. The molecule has 1 unspecified atom stereocenters. The number of nitrogens with zero attached hydrogens (tertiary/aromatic N) is 2. The standard InChI is InChI=1S/C21H25N3O3S/c1-23-11-10-17(14-23)24(2)28(25,26)19-7-4-15(5-8-19)21-13-16-12-18(27-3)6-9-20(16)22-21/h4-9,12-13,17,22H,10-11,14H2,1-3H3. The molecule has 0 aliphatic carbocycles. The van der Waals surface area contributed by atoms with Crippen molar-refractivity contribution in [2.45, 2.75) is 17.4 Å². The quantitative estimate of drug-likeness (QED) is 0.716. The highest BCUT2D eigenvalue weighted by Crippen LogP contribution is 2.28. The summed E-state index contributed by atoms with van der Waals surface area (Å²) < 4.78 is 32.7. The maximum atomic E-state index is 13.0. The van der Waals surface area contributed by atoms with Gasteiger partial charge in [-0.15, -0.1) is 0 Å². The van der Waals surface area contributed by atoms with Crippen molar-refractivity contribution in [3.8, 4) is 17.0 Å². The Morgan fingerprint density at radius 3 is 2.54 bits per heavy atom. The first-order valence-corrected chi connectivity index (χ1v) is 10.8. The molecule has 28 heavy (non-hydrogen) atoms. The van der Waals surface area contributed by atoms with Crippen molar-refractivity contribution in [3.05, 3.63) is 48.5 Å². The highest BCUT2D eigenvalue weighted by Gasteiger charge is 2.31. The zero-order chi connectivity index (χ0) is 19.9. The molecule has 1 atom stereocenters. The lowest BCUT2D eigenvalue weighted by atomic mass is 10.1. The van der Waals surface area contributed by atoms with Gasteiger partial charge >= 0.3 is 0 Å². The predicted octanol–water partition coefficient (Wildman–Crippen LogP) is 3.17. The molecular formula is C21H25N3O3S. The number of aromatic nitrogens is 1. The largest absolute Gasteiger partial charge is 0.497 e. The number of benzene rings is 2. The van der Waals surface area contributed by atoms with E-state index in [2.05, 4.69) is 9.88 Å². The van der Waals surface area contributed by atoms with Gasteiger partial charge in [0.25, 0.3) is 0 Å². The molecule has 0 bridgehead atoms. The van der Waals surface area contributed by atoms with Crippen molar-refractivity contribution < 1.29 is 13.2 Å².